The molecule has 0 spiro atoms. The second-order valence-corrected chi connectivity index (χ2v) is 7.45. The molecule has 0 saturated heterocycles. The zero-order valence-electron chi connectivity index (χ0n) is 11.9. The molecule has 4 bridgehead atoms. The molecule has 4 aliphatic carbocycles. The third kappa shape index (κ3) is 1.85. The fourth-order valence-corrected chi connectivity index (χ4v) is 5.55. The molecule has 2 heteroatoms. The van der Waals surface area contributed by atoms with E-state index in [-0.39, 0.29) is 5.41 Å². The molecule has 4 aliphatic rings. The summed E-state index contributed by atoms with van der Waals surface area (Å²) < 4.78 is 0. The SMILES string of the molecule is NC(C(=O)C12CC3CC(CC(C3)C1)C2)c1ccccc1. The molecular formula is C18H23NO. The van der Waals surface area contributed by atoms with Crippen LogP contribution in [0.4, 0.5) is 0 Å². The summed E-state index contributed by atoms with van der Waals surface area (Å²) in [6.07, 6.45) is 7.43. The minimum absolute atomic E-state index is 0.0794. The van der Waals surface area contributed by atoms with Gasteiger partial charge in [0.1, 0.15) is 0 Å². The van der Waals surface area contributed by atoms with Gasteiger partial charge in [-0.25, -0.2) is 0 Å². The fraction of sp³-hybridized carbons (Fsp3) is 0.611. The average molecular weight is 269 g/mol. The molecule has 0 heterocycles. The number of Topliss-reactive ketones (excluding diaryl/α,β-unsaturated/α-hetero) is 1. The summed E-state index contributed by atoms with van der Waals surface area (Å²) in [5.41, 5.74) is 7.21. The van der Waals surface area contributed by atoms with Gasteiger partial charge in [-0.1, -0.05) is 30.3 Å². The Bertz CT molecular complexity index is 486. The van der Waals surface area contributed by atoms with Gasteiger partial charge >= 0.3 is 0 Å². The van der Waals surface area contributed by atoms with E-state index >= 15 is 0 Å². The highest BCUT2D eigenvalue weighted by molar-refractivity contribution is 5.91. The molecule has 106 valence electrons. The van der Waals surface area contributed by atoms with Crippen LogP contribution in [0.1, 0.15) is 50.1 Å². The van der Waals surface area contributed by atoms with Gasteiger partial charge in [0.25, 0.3) is 0 Å². The van der Waals surface area contributed by atoms with E-state index < -0.39 is 6.04 Å². The van der Waals surface area contributed by atoms with Crippen molar-refractivity contribution in [1.29, 1.82) is 0 Å². The molecule has 1 atom stereocenters. The van der Waals surface area contributed by atoms with Gasteiger partial charge in [0.05, 0.1) is 6.04 Å². The lowest BCUT2D eigenvalue weighted by Crippen LogP contribution is -2.52. The van der Waals surface area contributed by atoms with Crippen molar-refractivity contribution in [2.45, 2.75) is 44.6 Å². The maximum absolute atomic E-state index is 13.1. The summed E-state index contributed by atoms with van der Waals surface area (Å²) in [5, 5.41) is 0. The van der Waals surface area contributed by atoms with Crippen LogP contribution in [-0.4, -0.2) is 5.78 Å². The van der Waals surface area contributed by atoms with Crippen molar-refractivity contribution >= 4 is 5.78 Å². The zero-order valence-corrected chi connectivity index (χ0v) is 11.9. The van der Waals surface area contributed by atoms with Crippen molar-refractivity contribution in [3.8, 4) is 0 Å². The first-order chi connectivity index (χ1) is 9.66. The van der Waals surface area contributed by atoms with E-state index in [0.29, 0.717) is 5.78 Å². The molecule has 20 heavy (non-hydrogen) atoms. The van der Waals surface area contributed by atoms with E-state index in [2.05, 4.69) is 0 Å². The van der Waals surface area contributed by atoms with Gasteiger partial charge in [0, 0.05) is 5.41 Å². The largest absolute Gasteiger partial charge is 0.318 e. The Morgan fingerprint density at radius 1 is 1.00 bits per heavy atom. The molecule has 4 saturated carbocycles. The van der Waals surface area contributed by atoms with Crippen LogP contribution >= 0.6 is 0 Å². The topological polar surface area (TPSA) is 43.1 Å². The fourth-order valence-electron chi connectivity index (χ4n) is 5.55. The van der Waals surface area contributed by atoms with Crippen molar-refractivity contribution in [1.82, 2.24) is 0 Å². The molecule has 4 fully saturated rings. The number of hydrogen-bond donors (Lipinski definition) is 1. The van der Waals surface area contributed by atoms with Crippen LogP contribution in [0.3, 0.4) is 0 Å². The van der Waals surface area contributed by atoms with Crippen LogP contribution in [-0.2, 0) is 4.79 Å². The first-order valence-electron chi connectivity index (χ1n) is 8.01. The third-order valence-electron chi connectivity index (χ3n) is 6.00. The number of carbonyl (C=O) groups excluding carboxylic acids is 1. The quantitative estimate of drug-likeness (QED) is 0.913. The van der Waals surface area contributed by atoms with Crippen molar-refractivity contribution in [3.63, 3.8) is 0 Å². The Morgan fingerprint density at radius 2 is 1.50 bits per heavy atom. The molecule has 1 aromatic carbocycles. The predicted octanol–water partition coefficient (Wildman–Crippen LogP) is 3.47. The molecule has 0 amide bonds. The van der Waals surface area contributed by atoms with E-state index in [1.54, 1.807) is 0 Å². The minimum Gasteiger partial charge on any atom is -0.318 e. The van der Waals surface area contributed by atoms with Gasteiger partial charge in [-0.2, -0.15) is 0 Å². The summed E-state index contributed by atoms with van der Waals surface area (Å²) in [6, 6.07) is 9.48. The molecule has 0 aromatic heterocycles. The second-order valence-electron chi connectivity index (χ2n) is 7.45. The first-order valence-corrected chi connectivity index (χ1v) is 8.01. The Labute approximate surface area is 120 Å². The summed E-state index contributed by atoms with van der Waals surface area (Å²) in [4.78, 5) is 13.1. The minimum atomic E-state index is -0.424. The van der Waals surface area contributed by atoms with Crippen LogP contribution in [0, 0.1) is 23.2 Å². The smallest absolute Gasteiger partial charge is 0.160 e. The summed E-state index contributed by atoms with van der Waals surface area (Å²) in [7, 11) is 0. The Hall–Kier alpha value is -1.15. The van der Waals surface area contributed by atoms with E-state index in [1.165, 1.54) is 19.3 Å². The lowest BCUT2D eigenvalue weighted by atomic mass is 9.48. The number of carbonyl (C=O) groups is 1. The molecule has 5 rings (SSSR count). The average Bonchev–Trinajstić information content (AvgIpc) is 2.45. The van der Waals surface area contributed by atoms with Crippen LogP contribution in [0.25, 0.3) is 0 Å². The molecule has 1 unspecified atom stereocenters. The van der Waals surface area contributed by atoms with Gasteiger partial charge in [-0.15, -0.1) is 0 Å². The van der Waals surface area contributed by atoms with Gasteiger partial charge in [0.15, 0.2) is 5.78 Å². The van der Waals surface area contributed by atoms with Crippen molar-refractivity contribution in [2.24, 2.45) is 28.9 Å². The normalized spacial score (nSPS) is 39.8. The molecule has 2 N–H and O–H groups in total. The number of ketones is 1. The highest BCUT2D eigenvalue weighted by Gasteiger charge is 2.55. The Kier molecular flexibility index (Phi) is 2.78. The zero-order chi connectivity index (χ0) is 13.7. The summed E-state index contributed by atoms with van der Waals surface area (Å²) >= 11 is 0. The Morgan fingerprint density at radius 3 is 2.00 bits per heavy atom. The monoisotopic (exact) mass is 269 g/mol. The van der Waals surface area contributed by atoms with E-state index in [4.69, 9.17) is 5.73 Å². The maximum Gasteiger partial charge on any atom is 0.160 e. The van der Waals surface area contributed by atoms with Crippen LogP contribution < -0.4 is 5.73 Å². The molecule has 1 aromatic rings. The van der Waals surface area contributed by atoms with Crippen molar-refractivity contribution in [3.05, 3.63) is 35.9 Å². The summed E-state index contributed by atoms with van der Waals surface area (Å²) in [6.45, 7) is 0. The predicted molar refractivity (Wildman–Crippen MR) is 79.0 cm³/mol. The van der Waals surface area contributed by atoms with Gasteiger partial charge < -0.3 is 5.73 Å². The van der Waals surface area contributed by atoms with Gasteiger partial charge in [0.2, 0.25) is 0 Å². The molecule has 0 radical (unpaired) electrons. The summed E-state index contributed by atoms with van der Waals surface area (Å²) in [5.74, 6) is 2.72. The van der Waals surface area contributed by atoms with Crippen molar-refractivity contribution < 1.29 is 4.79 Å². The lowest BCUT2D eigenvalue weighted by Gasteiger charge is -2.56. The van der Waals surface area contributed by atoms with E-state index in [0.717, 1.165) is 42.6 Å². The van der Waals surface area contributed by atoms with E-state index in [1.807, 2.05) is 30.3 Å². The number of hydrogen-bond acceptors (Lipinski definition) is 2. The van der Waals surface area contributed by atoms with Crippen LogP contribution in [0.5, 0.6) is 0 Å². The van der Waals surface area contributed by atoms with Crippen molar-refractivity contribution in [2.75, 3.05) is 0 Å². The first kappa shape index (κ1) is 12.6. The van der Waals surface area contributed by atoms with Gasteiger partial charge in [-0.3, -0.25) is 4.79 Å². The number of rotatable bonds is 3. The Balaban J connectivity index is 1.62. The highest BCUT2D eigenvalue weighted by Crippen LogP contribution is 2.61. The third-order valence-corrected chi connectivity index (χ3v) is 6.00. The van der Waals surface area contributed by atoms with Gasteiger partial charge in [-0.05, 0) is 61.8 Å². The van der Waals surface area contributed by atoms with E-state index in [9.17, 15) is 4.79 Å². The maximum atomic E-state index is 13.1. The lowest BCUT2D eigenvalue weighted by molar-refractivity contribution is -0.145. The molecule has 2 nitrogen and oxygen atoms in total. The highest BCUT2D eigenvalue weighted by atomic mass is 16.1. The van der Waals surface area contributed by atoms with Crippen LogP contribution in [0.2, 0.25) is 0 Å². The molecular weight excluding hydrogens is 246 g/mol. The van der Waals surface area contributed by atoms with Crippen LogP contribution in [0.15, 0.2) is 30.3 Å². The second kappa shape index (κ2) is 4.42. The molecule has 0 aliphatic heterocycles. The number of nitrogens with two attached hydrogens (primary N) is 1. The number of benzene rings is 1. The standard InChI is InChI=1S/C18H23NO/c19-16(15-4-2-1-3-5-15)17(20)18-9-12-6-13(10-18)8-14(7-12)11-18/h1-5,12-14,16H,6-11,19H2.